The van der Waals surface area contributed by atoms with E-state index in [9.17, 15) is 9.18 Å². The van der Waals surface area contributed by atoms with Crippen LogP contribution in [0.3, 0.4) is 0 Å². The van der Waals surface area contributed by atoms with Crippen LogP contribution in [0.5, 0.6) is 0 Å². The number of halogens is 1. The number of hydrogen-bond donors (Lipinski definition) is 0. The van der Waals surface area contributed by atoms with Crippen LogP contribution in [0.2, 0.25) is 0 Å². The zero-order chi connectivity index (χ0) is 16.9. The molecule has 2 aromatic heterocycles. The predicted octanol–water partition coefficient (Wildman–Crippen LogP) is 3.79. The molecular weight excluding hydrogens is 315 g/mol. The molecule has 0 radical (unpaired) electrons. The minimum absolute atomic E-state index is 0.147. The van der Waals surface area contributed by atoms with E-state index in [-0.39, 0.29) is 17.6 Å². The molecule has 0 aliphatic carbocycles. The number of esters is 1. The molecular formula is C17H13FN2O4. The lowest BCUT2D eigenvalue weighted by Gasteiger charge is -2.06. The molecule has 6 nitrogen and oxygen atoms in total. The summed E-state index contributed by atoms with van der Waals surface area (Å²) >= 11 is 0. The van der Waals surface area contributed by atoms with E-state index < -0.39 is 12.1 Å². The quantitative estimate of drug-likeness (QED) is 0.524. The average molecular weight is 328 g/mol. The highest BCUT2D eigenvalue weighted by molar-refractivity contribution is 5.86. The normalized spacial score (nSPS) is 12.4. The standard InChI is InChI=1S/C17H13FN2O4/c1-11(23-15(21)9-8-14-3-2-10-22-14)16-19-20-17(24-16)12-4-6-13(18)7-5-12/h2-11H,1H3/b9-8+/t11-/m1/s1. The molecule has 0 spiro atoms. The first-order valence-corrected chi connectivity index (χ1v) is 7.13. The predicted molar refractivity (Wildman–Crippen MR) is 81.9 cm³/mol. The Balaban J connectivity index is 1.64. The summed E-state index contributed by atoms with van der Waals surface area (Å²) in [7, 11) is 0. The van der Waals surface area contributed by atoms with Gasteiger partial charge in [-0.3, -0.25) is 0 Å². The third-order valence-corrected chi connectivity index (χ3v) is 3.10. The van der Waals surface area contributed by atoms with E-state index in [1.165, 1.54) is 42.7 Å². The van der Waals surface area contributed by atoms with Gasteiger partial charge in [0.25, 0.3) is 5.89 Å². The van der Waals surface area contributed by atoms with Gasteiger partial charge < -0.3 is 13.6 Å². The minimum Gasteiger partial charge on any atom is -0.465 e. The summed E-state index contributed by atoms with van der Waals surface area (Å²) in [6.07, 6.45) is 3.52. The van der Waals surface area contributed by atoms with E-state index in [1.54, 1.807) is 19.1 Å². The molecule has 0 unspecified atom stereocenters. The molecule has 0 N–H and O–H groups in total. The topological polar surface area (TPSA) is 78.4 Å². The summed E-state index contributed by atoms with van der Waals surface area (Å²) < 4.78 is 28.6. The van der Waals surface area contributed by atoms with Gasteiger partial charge in [0.15, 0.2) is 6.10 Å². The van der Waals surface area contributed by atoms with Crippen LogP contribution < -0.4 is 0 Å². The SMILES string of the molecule is C[C@@H](OC(=O)/C=C/c1ccco1)c1nnc(-c2ccc(F)cc2)o1. The van der Waals surface area contributed by atoms with Gasteiger partial charge in [-0.25, -0.2) is 9.18 Å². The number of furan rings is 1. The fraction of sp³-hybridized carbons (Fsp3) is 0.118. The first kappa shape index (κ1) is 15.7. The Labute approximate surface area is 136 Å². The van der Waals surface area contributed by atoms with Gasteiger partial charge in [-0.1, -0.05) is 0 Å². The molecule has 0 aliphatic rings. The maximum Gasteiger partial charge on any atom is 0.331 e. The molecule has 2 heterocycles. The van der Waals surface area contributed by atoms with Crippen LogP contribution in [0.15, 0.2) is 57.6 Å². The first-order valence-electron chi connectivity index (χ1n) is 7.13. The second-order valence-corrected chi connectivity index (χ2v) is 4.88. The van der Waals surface area contributed by atoms with E-state index >= 15 is 0 Å². The van der Waals surface area contributed by atoms with Gasteiger partial charge in [-0.15, -0.1) is 10.2 Å². The third kappa shape index (κ3) is 3.75. The van der Waals surface area contributed by atoms with Gasteiger partial charge in [0.1, 0.15) is 11.6 Å². The Morgan fingerprint density at radius 3 is 2.75 bits per heavy atom. The molecule has 0 saturated heterocycles. The molecule has 24 heavy (non-hydrogen) atoms. The summed E-state index contributed by atoms with van der Waals surface area (Å²) in [6.45, 7) is 1.61. The molecule has 1 aromatic carbocycles. The van der Waals surface area contributed by atoms with Crippen molar-refractivity contribution >= 4 is 12.0 Å². The van der Waals surface area contributed by atoms with Crippen molar-refractivity contribution < 1.29 is 22.8 Å². The maximum atomic E-state index is 12.9. The van der Waals surface area contributed by atoms with Crippen molar-refractivity contribution in [1.29, 1.82) is 0 Å². The molecule has 7 heteroatoms. The smallest absolute Gasteiger partial charge is 0.331 e. The highest BCUT2D eigenvalue weighted by Gasteiger charge is 2.18. The van der Waals surface area contributed by atoms with E-state index in [0.717, 1.165) is 0 Å². The first-order chi connectivity index (χ1) is 11.6. The van der Waals surface area contributed by atoms with Gasteiger partial charge in [0.05, 0.1) is 6.26 Å². The Morgan fingerprint density at radius 2 is 2.04 bits per heavy atom. The number of carbonyl (C=O) groups is 1. The summed E-state index contributed by atoms with van der Waals surface area (Å²) in [5, 5.41) is 7.72. The third-order valence-electron chi connectivity index (χ3n) is 3.10. The lowest BCUT2D eigenvalue weighted by Crippen LogP contribution is -2.06. The molecule has 1 atom stereocenters. The van der Waals surface area contributed by atoms with Crippen molar-refractivity contribution in [2.45, 2.75) is 13.0 Å². The Kier molecular flexibility index (Phi) is 4.51. The number of nitrogens with zero attached hydrogens (tertiary/aromatic N) is 2. The van der Waals surface area contributed by atoms with Gasteiger partial charge in [-0.2, -0.15) is 0 Å². The highest BCUT2D eigenvalue weighted by atomic mass is 19.1. The molecule has 3 aromatic rings. The van der Waals surface area contributed by atoms with E-state index in [4.69, 9.17) is 13.6 Å². The van der Waals surface area contributed by atoms with Gasteiger partial charge in [0, 0.05) is 11.6 Å². The molecule has 3 rings (SSSR count). The van der Waals surface area contributed by atoms with Crippen molar-refractivity contribution in [1.82, 2.24) is 10.2 Å². The number of carbonyl (C=O) groups excluding carboxylic acids is 1. The summed E-state index contributed by atoms with van der Waals surface area (Å²) in [5.41, 5.74) is 0.575. The lowest BCUT2D eigenvalue weighted by atomic mass is 10.2. The van der Waals surface area contributed by atoms with E-state index in [1.807, 2.05) is 0 Å². The molecule has 122 valence electrons. The van der Waals surface area contributed by atoms with Crippen LogP contribution in [0.4, 0.5) is 4.39 Å². The molecule has 0 saturated carbocycles. The summed E-state index contributed by atoms with van der Waals surface area (Å²) in [4.78, 5) is 11.8. The lowest BCUT2D eigenvalue weighted by molar-refractivity contribution is -0.143. The monoisotopic (exact) mass is 328 g/mol. The van der Waals surface area contributed by atoms with E-state index in [2.05, 4.69) is 10.2 Å². The van der Waals surface area contributed by atoms with Crippen LogP contribution in [0.1, 0.15) is 24.7 Å². The number of ether oxygens (including phenoxy) is 1. The van der Waals surface area contributed by atoms with Gasteiger partial charge >= 0.3 is 5.97 Å². The minimum atomic E-state index is -0.722. The maximum absolute atomic E-state index is 12.9. The number of hydrogen-bond acceptors (Lipinski definition) is 6. The van der Waals surface area contributed by atoms with Crippen LogP contribution in [0, 0.1) is 5.82 Å². The molecule has 0 bridgehead atoms. The molecule has 0 amide bonds. The van der Waals surface area contributed by atoms with Crippen molar-refractivity contribution in [3.63, 3.8) is 0 Å². The number of benzene rings is 1. The molecule has 0 aliphatic heterocycles. The van der Waals surface area contributed by atoms with Crippen LogP contribution >= 0.6 is 0 Å². The van der Waals surface area contributed by atoms with Gasteiger partial charge in [-0.05, 0) is 49.4 Å². The van der Waals surface area contributed by atoms with Gasteiger partial charge in [0.2, 0.25) is 5.89 Å². The van der Waals surface area contributed by atoms with Crippen molar-refractivity contribution in [3.05, 3.63) is 66.2 Å². The Morgan fingerprint density at radius 1 is 1.25 bits per heavy atom. The average Bonchev–Trinajstić information content (AvgIpc) is 3.25. The second-order valence-electron chi connectivity index (χ2n) is 4.88. The molecule has 0 fully saturated rings. The van der Waals surface area contributed by atoms with E-state index in [0.29, 0.717) is 11.3 Å². The zero-order valence-electron chi connectivity index (χ0n) is 12.7. The number of aromatic nitrogens is 2. The summed E-state index contributed by atoms with van der Waals surface area (Å²) in [5.74, 6) is -0.0198. The fourth-order valence-corrected chi connectivity index (χ4v) is 1.91. The number of rotatable bonds is 5. The highest BCUT2D eigenvalue weighted by Crippen LogP contribution is 2.22. The van der Waals surface area contributed by atoms with Crippen LogP contribution in [0.25, 0.3) is 17.5 Å². The Hall–Kier alpha value is -3.22. The van der Waals surface area contributed by atoms with Crippen LogP contribution in [-0.4, -0.2) is 16.2 Å². The van der Waals surface area contributed by atoms with Crippen molar-refractivity contribution in [2.75, 3.05) is 0 Å². The van der Waals surface area contributed by atoms with Crippen LogP contribution in [-0.2, 0) is 9.53 Å². The zero-order valence-corrected chi connectivity index (χ0v) is 12.7. The van der Waals surface area contributed by atoms with Crippen molar-refractivity contribution in [2.24, 2.45) is 0 Å². The second kappa shape index (κ2) is 6.91. The summed E-state index contributed by atoms with van der Waals surface area (Å²) in [6, 6.07) is 9.05. The van der Waals surface area contributed by atoms with Crippen molar-refractivity contribution in [3.8, 4) is 11.5 Å². The fourth-order valence-electron chi connectivity index (χ4n) is 1.91. The Bertz CT molecular complexity index is 838. The largest absolute Gasteiger partial charge is 0.465 e.